The summed E-state index contributed by atoms with van der Waals surface area (Å²) in [6, 6.07) is 9.64. The molecule has 1 saturated heterocycles. The molecular formula is C17H22N4O3. The van der Waals surface area contributed by atoms with Gasteiger partial charge in [0.05, 0.1) is 19.9 Å². The Hall–Kier alpha value is -2.54. The van der Waals surface area contributed by atoms with E-state index in [-0.39, 0.29) is 12.6 Å². The first-order valence-electron chi connectivity index (χ1n) is 7.88. The summed E-state index contributed by atoms with van der Waals surface area (Å²) in [5, 5.41) is 16.9. The number of amides is 2. The van der Waals surface area contributed by atoms with Gasteiger partial charge in [-0.1, -0.05) is 30.3 Å². The lowest BCUT2D eigenvalue weighted by Gasteiger charge is -2.27. The van der Waals surface area contributed by atoms with Gasteiger partial charge in [-0.25, -0.2) is 4.79 Å². The van der Waals surface area contributed by atoms with E-state index >= 15 is 0 Å². The molecule has 2 N–H and O–H groups in total. The van der Waals surface area contributed by atoms with Gasteiger partial charge in [-0.05, 0) is 12.0 Å². The fourth-order valence-corrected chi connectivity index (χ4v) is 3.19. The molecule has 1 aromatic carbocycles. The summed E-state index contributed by atoms with van der Waals surface area (Å²) in [7, 11) is 3.28. The van der Waals surface area contributed by atoms with Crippen LogP contribution in [0.4, 0.5) is 10.5 Å². The highest BCUT2D eigenvalue weighted by atomic mass is 16.5. The second-order valence-electron chi connectivity index (χ2n) is 6.13. The van der Waals surface area contributed by atoms with E-state index in [4.69, 9.17) is 4.74 Å². The van der Waals surface area contributed by atoms with E-state index in [1.807, 2.05) is 30.3 Å². The predicted octanol–water partition coefficient (Wildman–Crippen LogP) is 1.60. The highest BCUT2D eigenvalue weighted by Crippen LogP contribution is 2.34. The number of likely N-dealkylation sites (tertiary alicyclic amines) is 1. The molecule has 7 heteroatoms. The molecule has 0 spiro atoms. The molecule has 1 aliphatic rings. The lowest BCUT2D eigenvalue weighted by atomic mass is 9.80. The Morgan fingerprint density at radius 3 is 2.83 bits per heavy atom. The number of anilines is 1. The number of aryl methyl sites for hydroxylation is 1. The van der Waals surface area contributed by atoms with E-state index in [2.05, 4.69) is 10.4 Å². The van der Waals surface area contributed by atoms with E-state index in [1.54, 1.807) is 22.8 Å². The average molecular weight is 330 g/mol. The largest absolute Gasteiger partial charge is 0.478 e. The first kappa shape index (κ1) is 16.3. The Balaban J connectivity index is 1.73. The van der Waals surface area contributed by atoms with Crippen molar-refractivity contribution >= 4 is 11.7 Å². The number of aromatic nitrogens is 2. The number of urea groups is 1. The van der Waals surface area contributed by atoms with Crippen molar-refractivity contribution in [2.75, 3.05) is 32.1 Å². The van der Waals surface area contributed by atoms with Crippen LogP contribution in [0.25, 0.3) is 0 Å². The Bertz CT molecular complexity index is 716. The first-order valence-corrected chi connectivity index (χ1v) is 7.88. The number of nitrogens with zero attached hydrogens (tertiary/aromatic N) is 3. The van der Waals surface area contributed by atoms with Crippen LogP contribution in [-0.4, -0.2) is 52.6 Å². The molecule has 1 unspecified atom stereocenters. The van der Waals surface area contributed by atoms with E-state index < -0.39 is 5.41 Å². The Labute approximate surface area is 140 Å². The van der Waals surface area contributed by atoms with Gasteiger partial charge in [-0.2, -0.15) is 0 Å². The van der Waals surface area contributed by atoms with Gasteiger partial charge in [0.2, 0.25) is 0 Å². The summed E-state index contributed by atoms with van der Waals surface area (Å²) in [6.07, 6.45) is 2.43. The molecule has 0 bridgehead atoms. The third-order valence-corrected chi connectivity index (χ3v) is 4.56. The Morgan fingerprint density at radius 1 is 1.42 bits per heavy atom. The minimum absolute atomic E-state index is 0.0109. The van der Waals surface area contributed by atoms with Crippen molar-refractivity contribution in [2.24, 2.45) is 7.05 Å². The molecule has 7 nitrogen and oxygen atoms in total. The van der Waals surface area contributed by atoms with Crippen LogP contribution < -0.4 is 10.1 Å². The fraction of sp³-hybridized carbons (Fsp3) is 0.412. The quantitative estimate of drug-likeness (QED) is 0.892. The molecule has 2 amide bonds. The summed E-state index contributed by atoms with van der Waals surface area (Å²) in [6.45, 7) is 1.07. The number of nitrogens with one attached hydrogen (secondary N) is 1. The van der Waals surface area contributed by atoms with Crippen LogP contribution in [0.1, 0.15) is 12.0 Å². The van der Waals surface area contributed by atoms with Gasteiger partial charge in [0, 0.05) is 25.6 Å². The first-order chi connectivity index (χ1) is 11.6. The number of benzene rings is 1. The molecular weight excluding hydrogens is 308 g/mol. The molecule has 0 radical (unpaired) electrons. The zero-order chi connectivity index (χ0) is 17.2. The predicted molar refractivity (Wildman–Crippen MR) is 90.2 cm³/mol. The number of rotatable bonds is 4. The summed E-state index contributed by atoms with van der Waals surface area (Å²) in [5.41, 5.74) is 1.19. The monoisotopic (exact) mass is 330 g/mol. The van der Waals surface area contributed by atoms with Crippen LogP contribution in [0.2, 0.25) is 0 Å². The van der Waals surface area contributed by atoms with Crippen LogP contribution in [0, 0.1) is 0 Å². The molecule has 3 rings (SSSR count). The zero-order valence-electron chi connectivity index (χ0n) is 13.9. The molecule has 1 aliphatic heterocycles. The van der Waals surface area contributed by atoms with Crippen LogP contribution in [-0.2, 0) is 12.5 Å². The number of methoxy groups -OCH3 is 1. The van der Waals surface area contributed by atoms with Crippen molar-refractivity contribution < 1.29 is 14.6 Å². The standard InChI is InChI=1S/C17H22N4O3/c1-20-10-14(15(19-20)24-2)18-16(23)21-9-8-17(11-21,12-22)13-6-4-3-5-7-13/h3-7,10,22H,8-9,11-12H2,1-2H3,(H,18,23). The highest BCUT2D eigenvalue weighted by molar-refractivity contribution is 5.90. The number of hydrogen-bond acceptors (Lipinski definition) is 4. The number of aliphatic hydroxyl groups excluding tert-OH is 1. The van der Waals surface area contributed by atoms with Crippen LogP contribution in [0.3, 0.4) is 0 Å². The molecule has 24 heavy (non-hydrogen) atoms. The molecule has 0 saturated carbocycles. The van der Waals surface area contributed by atoms with Gasteiger partial charge in [0.1, 0.15) is 5.69 Å². The topological polar surface area (TPSA) is 79.6 Å². The minimum Gasteiger partial charge on any atom is -0.478 e. The molecule has 1 aromatic heterocycles. The second kappa shape index (κ2) is 6.52. The molecule has 128 valence electrons. The van der Waals surface area contributed by atoms with Gasteiger partial charge >= 0.3 is 6.03 Å². The molecule has 1 atom stereocenters. The van der Waals surface area contributed by atoms with Gasteiger partial charge in [0.25, 0.3) is 5.88 Å². The van der Waals surface area contributed by atoms with E-state index in [9.17, 15) is 9.90 Å². The smallest absolute Gasteiger partial charge is 0.322 e. The molecule has 2 aromatic rings. The van der Waals surface area contributed by atoms with Gasteiger partial charge in [-0.3, -0.25) is 4.68 Å². The Kier molecular flexibility index (Phi) is 4.44. The maximum atomic E-state index is 12.6. The van der Waals surface area contributed by atoms with Crippen LogP contribution >= 0.6 is 0 Å². The number of carbonyl (C=O) groups is 1. The van der Waals surface area contributed by atoms with E-state index in [0.29, 0.717) is 24.7 Å². The van der Waals surface area contributed by atoms with Crippen molar-refractivity contribution in [3.63, 3.8) is 0 Å². The van der Waals surface area contributed by atoms with Crippen molar-refractivity contribution in [3.8, 4) is 5.88 Å². The third-order valence-electron chi connectivity index (χ3n) is 4.56. The van der Waals surface area contributed by atoms with E-state index in [0.717, 1.165) is 12.0 Å². The Morgan fingerprint density at radius 2 is 2.17 bits per heavy atom. The average Bonchev–Trinajstić information content (AvgIpc) is 3.20. The van der Waals surface area contributed by atoms with Crippen molar-refractivity contribution in [1.29, 1.82) is 0 Å². The normalized spacial score (nSPS) is 20.2. The lowest BCUT2D eigenvalue weighted by molar-refractivity contribution is 0.188. The number of aliphatic hydroxyl groups is 1. The van der Waals surface area contributed by atoms with Crippen molar-refractivity contribution in [2.45, 2.75) is 11.8 Å². The van der Waals surface area contributed by atoms with Gasteiger partial charge < -0.3 is 20.1 Å². The summed E-state index contributed by atoms with van der Waals surface area (Å²) < 4.78 is 6.74. The SMILES string of the molecule is COc1nn(C)cc1NC(=O)N1CCC(CO)(c2ccccc2)C1. The van der Waals surface area contributed by atoms with Crippen molar-refractivity contribution in [3.05, 3.63) is 42.1 Å². The second-order valence-corrected chi connectivity index (χ2v) is 6.13. The number of ether oxygens (including phenoxy) is 1. The maximum Gasteiger partial charge on any atom is 0.322 e. The lowest BCUT2D eigenvalue weighted by Crippen LogP contribution is -2.38. The number of hydrogen-bond donors (Lipinski definition) is 2. The molecule has 2 heterocycles. The maximum absolute atomic E-state index is 12.6. The summed E-state index contributed by atoms with van der Waals surface area (Å²) in [5.74, 6) is 0.376. The fourth-order valence-electron chi connectivity index (χ4n) is 3.19. The van der Waals surface area contributed by atoms with Crippen LogP contribution in [0.5, 0.6) is 5.88 Å². The van der Waals surface area contributed by atoms with Crippen molar-refractivity contribution in [1.82, 2.24) is 14.7 Å². The van der Waals surface area contributed by atoms with Gasteiger partial charge in [-0.15, -0.1) is 5.10 Å². The van der Waals surface area contributed by atoms with Gasteiger partial charge in [0.15, 0.2) is 0 Å². The highest BCUT2D eigenvalue weighted by Gasteiger charge is 2.41. The number of carbonyl (C=O) groups excluding carboxylic acids is 1. The molecule has 1 fully saturated rings. The van der Waals surface area contributed by atoms with Crippen LogP contribution in [0.15, 0.2) is 36.5 Å². The third kappa shape index (κ3) is 2.94. The van der Waals surface area contributed by atoms with E-state index in [1.165, 1.54) is 7.11 Å². The summed E-state index contributed by atoms with van der Waals surface area (Å²) >= 11 is 0. The minimum atomic E-state index is -0.405. The zero-order valence-corrected chi connectivity index (χ0v) is 13.9. The molecule has 0 aliphatic carbocycles. The summed E-state index contributed by atoms with van der Waals surface area (Å²) in [4.78, 5) is 14.3.